The van der Waals surface area contributed by atoms with E-state index < -0.39 is 5.60 Å². The van der Waals surface area contributed by atoms with E-state index in [4.69, 9.17) is 16.3 Å². The van der Waals surface area contributed by atoms with E-state index in [1.165, 1.54) is 0 Å². The van der Waals surface area contributed by atoms with Gasteiger partial charge in [0.25, 0.3) is 0 Å². The zero-order valence-electron chi connectivity index (χ0n) is 20.4. The van der Waals surface area contributed by atoms with Crippen LogP contribution in [0.25, 0.3) is 22.2 Å². The van der Waals surface area contributed by atoms with Gasteiger partial charge in [-0.2, -0.15) is 5.26 Å². The third-order valence-corrected chi connectivity index (χ3v) is 7.84. The first kappa shape index (κ1) is 23.6. The largest absolute Gasteiger partial charge is 0.441 e. The summed E-state index contributed by atoms with van der Waals surface area (Å²) in [5.74, 6) is 0.371. The number of ether oxygens (including phenoxy) is 1. The van der Waals surface area contributed by atoms with Gasteiger partial charge in [0, 0.05) is 18.1 Å². The van der Waals surface area contributed by atoms with Crippen LogP contribution in [-0.4, -0.2) is 32.7 Å². The van der Waals surface area contributed by atoms with Crippen molar-refractivity contribution in [2.45, 2.75) is 44.4 Å². The lowest BCUT2D eigenvalue weighted by atomic mass is 9.78. The molecule has 1 aliphatic carbocycles. The van der Waals surface area contributed by atoms with Crippen molar-refractivity contribution >= 4 is 28.7 Å². The topological polar surface area (TPSA) is 71.2 Å². The number of imidazole rings is 1. The summed E-state index contributed by atoms with van der Waals surface area (Å²) in [5.41, 5.74) is 5.25. The van der Waals surface area contributed by atoms with E-state index in [0.717, 1.165) is 60.0 Å². The molecular weight excluding hydrogens is 484 g/mol. The Hall–Kier alpha value is -3.82. The Morgan fingerprint density at radius 3 is 2.78 bits per heavy atom. The minimum absolute atomic E-state index is 0.236. The van der Waals surface area contributed by atoms with E-state index >= 15 is 0 Å². The highest BCUT2D eigenvalue weighted by Gasteiger charge is 2.47. The molecule has 1 spiro atoms. The summed E-state index contributed by atoms with van der Waals surface area (Å²) in [7, 11) is 0. The van der Waals surface area contributed by atoms with Crippen molar-refractivity contribution in [3.05, 3.63) is 89.2 Å². The van der Waals surface area contributed by atoms with E-state index in [0.29, 0.717) is 29.6 Å². The van der Waals surface area contributed by atoms with E-state index in [9.17, 15) is 10.1 Å². The standard InChI is InChI=1S/C30H27ClN4O2/c31-26-8-2-7-25(14-26)24-6-1-4-22(12-24)17-34-19-30(37-29(34)36)11-3-5-23(15-30)18-35-20-33-27-10-9-21(16-32)13-28(27)35/h1-2,4,6-10,12-14,20,23H,3,5,11,15,17-19H2. The summed E-state index contributed by atoms with van der Waals surface area (Å²) in [4.78, 5) is 19.3. The van der Waals surface area contributed by atoms with Crippen LogP contribution in [-0.2, 0) is 17.8 Å². The molecule has 1 aliphatic heterocycles. The van der Waals surface area contributed by atoms with Crippen LogP contribution >= 0.6 is 11.6 Å². The first-order valence-electron chi connectivity index (χ1n) is 12.7. The minimum Gasteiger partial charge on any atom is -0.441 e. The molecule has 2 atom stereocenters. The Bertz CT molecular complexity index is 1520. The fourth-order valence-corrected chi connectivity index (χ4v) is 6.13. The molecule has 1 amide bonds. The highest BCUT2D eigenvalue weighted by molar-refractivity contribution is 6.30. The second kappa shape index (κ2) is 9.57. The number of rotatable bonds is 5. The number of hydrogen-bond acceptors (Lipinski definition) is 4. The predicted molar refractivity (Wildman–Crippen MR) is 143 cm³/mol. The molecular formula is C30H27ClN4O2. The maximum atomic E-state index is 13.0. The van der Waals surface area contributed by atoms with Crippen LogP contribution in [0.2, 0.25) is 5.02 Å². The molecule has 186 valence electrons. The van der Waals surface area contributed by atoms with Gasteiger partial charge >= 0.3 is 6.09 Å². The summed E-state index contributed by atoms with van der Waals surface area (Å²) >= 11 is 6.19. The summed E-state index contributed by atoms with van der Waals surface area (Å²) < 4.78 is 8.21. The number of nitriles is 1. The maximum Gasteiger partial charge on any atom is 0.410 e. The van der Waals surface area contributed by atoms with Crippen molar-refractivity contribution in [1.29, 1.82) is 5.26 Å². The Kier molecular flexibility index (Phi) is 6.10. The molecule has 2 aliphatic rings. The molecule has 2 fully saturated rings. The van der Waals surface area contributed by atoms with Gasteiger partial charge in [-0.3, -0.25) is 4.90 Å². The molecule has 2 heterocycles. The highest BCUT2D eigenvalue weighted by Crippen LogP contribution is 2.41. The van der Waals surface area contributed by atoms with Crippen LogP contribution in [0.5, 0.6) is 0 Å². The van der Waals surface area contributed by atoms with Gasteiger partial charge in [0.1, 0.15) is 5.60 Å². The summed E-state index contributed by atoms with van der Waals surface area (Å²) in [6.07, 6.45) is 5.44. The van der Waals surface area contributed by atoms with E-state index in [1.807, 2.05) is 53.7 Å². The smallest absolute Gasteiger partial charge is 0.410 e. The van der Waals surface area contributed by atoms with Crippen molar-refractivity contribution in [2.24, 2.45) is 5.92 Å². The van der Waals surface area contributed by atoms with Crippen molar-refractivity contribution < 1.29 is 9.53 Å². The molecule has 0 radical (unpaired) electrons. The number of benzene rings is 3. The molecule has 37 heavy (non-hydrogen) atoms. The van der Waals surface area contributed by atoms with Gasteiger partial charge in [0.2, 0.25) is 0 Å². The number of halogens is 1. The number of aromatic nitrogens is 2. The summed E-state index contributed by atoms with van der Waals surface area (Å²) in [6, 6.07) is 23.9. The van der Waals surface area contributed by atoms with Crippen LogP contribution in [0.3, 0.4) is 0 Å². The number of nitrogens with zero attached hydrogens (tertiary/aromatic N) is 4. The second-order valence-corrected chi connectivity index (χ2v) is 10.7. The molecule has 7 heteroatoms. The van der Waals surface area contributed by atoms with Crippen molar-refractivity contribution in [3.8, 4) is 17.2 Å². The second-order valence-electron chi connectivity index (χ2n) is 10.3. The van der Waals surface area contributed by atoms with Crippen molar-refractivity contribution in [2.75, 3.05) is 6.54 Å². The zero-order chi connectivity index (χ0) is 25.4. The Morgan fingerprint density at radius 2 is 1.95 bits per heavy atom. The van der Waals surface area contributed by atoms with Gasteiger partial charge in [-0.1, -0.05) is 41.9 Å². The third kappa shape index (κ3) is 4.80. The third-order valence-electron chi connectivity index (χ3n) is 7.61. The number of hydrogen-bond donors (Lipinski definition) is 0. The molecule has 6 rings (SSSR count). The normalized spacial score (nSPS) is 21.4. The molecule has 1 saturated carbocycles. The number of carbonyl (C=O) groups excluding carboxylic acids is 1. The lowest BCUT2D eigenvalue weighted by Crippen LogP contribution is -2.40. The molecule has 6 nitrogen and oxygen atoms in total. The fraction of sp³-hybridized carbons (Fsp3) is 0.300. The van der Waals surface area contributed by atoms with Crippen LogP contribution in [0.1, 0.15) is 36.8 Å². The molecule has 0 N–H and O–H groups in total. The minimum atomic E-state index is -0.446. The van der Waals surface area contributed by atoms with Crippen LogP contribution < -0.4 is 0 Å². The van der Waals surface area contributed by atoms with Crippen LogP contribution in [0.4, 0.5) is 4.79 Å². The Balaban J connectivity index is 1.16. The van der Waals surface area contributed by atoms with Gasteiger partial charge in [0.05, 0.1) is 35.5 Å². The number of fused-ring (bicyclic) bond motifs is 1. The number of amides is 1. The molecule has 3 aromatic carbocycles. The van der Waals surface area contributed by atoms with E-state index in [2.05, 4.69) is 33.8 Å². The molecule has 2 unspecified atom stereocenters. The summed E-state index contributed by atoms with van der Waals surface area (Å²) in [5, 5.41) is 9.99. The van der Waals surface area contributed by atoms with Crippen molar-refractivity contribution in [3.63, 3.8) is 0 Å². The average molecular weight is 511 g/mol. The molecule has 4 aromatic rings. The Labute approximate surface area is 221 Å². The first-order valence-corrected chi connectivity index (χ1v) is 13.1. The lowest BCUT2D eigenvalue weighted by molar-refractivity contribution is 0.00415. The molecule has 1 saturated heterocycles. The van der Waals surface area contributed by atoms with Gasteiger partial charge in [0.15, 0.2) is 0 Å². The molecule has 1 aromatic heterocycles. The number of carbonyl (C=O) groups is 1. The predicted octanol–water partition coefficient (Wildman–Crippen LogP) is 6.81. The SMILES string of the molecule is N#Cc1ccc2ncn(CC3CCCC4(C3)CN(Cc3cccc(-c5cccc(Cl)c5)c3)C(=O)O4)c2c1. The fourth-order valence-electron chi connectivity index (χ4n) is 5.94. The van der Waals surface area contributed by atoms with Crippen LogP contribution in [0, 0.1) is 17.2 Å². The lowest BCUT2D eigenvalue weighted by Gasteiger charge is -2.36. The zero-order valence-corrected chi connectivity index (χ0v) is 21.2. The van der Waals surface area contributed by atoms with Crippen LogP contribution in [0.15, 0.2) is 73.1 Å². The summed E-state index contributed by atoms with van der Waals surface area (Å²) in [6.45, 7) is 1.92. The van der Waals surface area contributed by atoms with Gasteiger partial charge in [-0.05, 0) is 84.7 Å². The average Bonchev–Trinajstić information content (AvgIpc) is 3.43. The monoisotopic (exact) mass is 510 g/mol. The Morgan fingerprint density at radius 1 is 1.11 bits per heavy atom. The molecule has 0 bridgehead atoms. The maximum absolute atomic E-state index is 13.0. The van der Waals surface area contributed by atoms with Gasteiger partial charge in [-0.25, -0.2) is 9.78 Å². The van der Waals surface area contributed by atoms with E-state index in [1.54, 1.807) is 6.07 Å². The van der Waals surface area contributed by atoms with E-state index in [-0.39, 0.29) is 6.09 Å². The van der Waals surface area contributed by atoms with Gasteiger partial charge < -0.3 is 9.30 Å². The highest BCUT2D eigenvalue weighted by atomic mass is 35.5. The van der Waals surface area contributed by atoms with Gasteiger partial charge in [-0.15, -0.1) is 0 Å². The quantitative estimate of drug-likeness (QED) is 0.295. The first-order chi connectivity index (χ1) is 18.0. The van der Waals surface area contributed by atoms with Crippen molar-refractivity contribution in [1.82, 2.24) is 14.5 Å².